The number of fused-ring (bicyclic) bond motifs is 1. The minimum atomic E-state index is -0.268. The Morgan fingerprint density at radius 1 is 1.09 bits per heavy atom. The van der Waals surface area contributed by atoms with Crippen LogP contribution in [-0.2, 0) is 6.54 Å². The molecule has 4 rings (SSSR count). The molecule has 1 atom stereocenters. The second-order valence-corrected chi connectivity index (χ2v) is 9.63. The van der Waals surface area contributed by atoms with Crippen LogP contribution in [0.25, 0.3) is 21.3 Å². The maximum Gasteiger partial charge on any atom is 0.318 e. The van der Waals surface area contributed by atoms with Gasteiger partial charge in [-0.05, 0) is 69.4 Å². The Bertz CT molecular complexity index is 1320. The summed E-state index contributed by atoms with van der Waals surface area (Å²) in [5.74, 6) is 1.44. The number of carbonyl (C=O) groups is 1. The molecular formula is C26H30N6OS. The number of hydrogen-bond donors (Lipinski definition) is 3. The van der Waals surface area contributed by atoms with Crippen molar-refractivity contribution in [1.29, 1.82) is 0 Å². The molecule has 0 bridgehead atoms. The highest BCUT2D eigenvalue weighted by molar-refractivity contribution is 7.15. The van der Waals surface area contributed by atoms with Crippen LogP contribution >= 0.6 is 11.3 Å². The Hall–Kier alpha value is -3.49. The lowest BCUT2D eigenvalue weighted by atomic mass is 10.1. The van der Waals surface area contributed by atoms with E-state index in [2.05, 4.69) is 88.2 Å². The fraction of sp³-hybridized carbons (Fsp3) is 0.269. The lowest BCUT2D eigenvalue weighted by molar-refractivity contribution is 0.254. The van der Waals surface area contributed by atoms with Gasteiger partial charge in [-0.25, -0.2) is 14.8 Å². The van der Waals surface area contributed by atoms with Gasteiger partial charge in [0.15, 0.2) is 0 Å². The van der Waals surface area contributed by atoms with Crippen molar-refractivity contribution in [3.8, 4) is 10.4 Å². The Labute approximate surface area is 204 Å². The van der Waals surface area contributed by atoms with Crippen molar-refractivity contribution in [3.63, 3.8) is 0 Å². The van der Waals surface area contributed by atoms with E-state index in [0.717, 1.165) is 23.3 Å². The summed E-state index contributed by atoms with van der Waals surface area (Å²) in [6.07, 6.45) is 0. The first kappa shape index (κ1) is 23.7. The zero-order valence-corrected chi connectivity index (χ0v) is 21.0. The summed E-state index contributed by atoms with van der Waals surface area (Å²) in [4.78, 5) is 25.6. The van der Waals surface area contributed by atoms with Crippen LogP contribution in [0, 0.1) is 6.92 Å². The van der Waals surface area contributed by atoms with Crippen molar-refractivity contribution in [2.45, 2.75) is 26.4 Å². The minimum absolute atomic E-state index is 0.0489. The molecule has 2 aromatic carbocycles. The molecule has 34 heavy (non-hydrogen) atoms. The SMILES string of the molecule is CNC(=O)Nc1ccc2nc(C)nc(NC(C)c3ccc(-c4ccccc4CN(C)C)s3)c2c1. The first-order chi connectivity index (χ1) is 16.3. The van der Waals surface area contributed by atoms with E-state index in [1.54, 1.807) is 18.4 Å². The van der Waals surface area contributed by atoms with Crippen molar-refractivity contribution in [2.75, 3.05) is 31.8 Å². The molecular weight excluding hydrogens is 444 g/mol. The van der Waals surface area contributed by atoms with Crippen molar-refractivity contribution < 1.29 is 4.79 Å². The summed E-state index contributed by atoms with van der Waals surface area (Å²) >= 11 is 1.79. The lowest BCUT2D eigenvalue weighted by Gasteiger charge is -2.16. The molecule has 2 amide bonds. The summed E-state index contributed by atoms with van der Waals surface area (Å²) in [6, 6.07) is 18.4. The van der Waals surface area contributed by atoms with Crippen molar-refractivity contribution >= 4 is 39.8 Å². The van der Waals surface area contributed by atoms with Crippen LogP contribution in [0.2, 0.25) is 0 Å². The number of nitrogens with zero attached hydrogens (tertiary/aromatic N) is 3. The van der Waals surface area contributed by atoms with E-state index in [4.69, 9.17) is 0 Å². The molecule has 0 aliphatic rings. The smallest absolute Gasteiger partial charge is 0.318 e. The third kappa shape index (κ3) is 5.35. The molecule has 7 nitrogen and oxygen atoms in total. The number of anilines is 2. The summed E-state index contributed by atoms with van der Waals surface area (Å²) in [5.41, 5.74) is 4.10. The molecule has 0 radical (unpaired) electrons. The van der Waals surface area contributed by atoms with Gasteiger partial charge in [-0.2, -0.15) is 0 Å². The first-order valence-electron chi connectivity index (χ1n) is 11.2. The van der Waals surface area contributed by atoms with Crippen LogP contribution in [-0.4, -0.2) is 42.0 Å². The van der Waals surface area contributed by atoms with Gasteiger partial charge in [0.1, 0.15) is 11.6 Å². The third-order valence-corrected chi connectivity index (χ3v) is 6.77. The molecule has 4 aromatic rings. The summed E-state index contributed by atoms with van der Waals surface area (Å²) in [7, 11) is 5.77. The Balaban J connectivity index is 1.62. The first-order valence-corrected chi connectivity index (χ1v) is 12.0. The van der Waals surface area contributed by atoms with Gasteiger partial charge in [0, 0.05) is 34.4 Å². The molecule has 1 unspecified atom stereocenters. The second-order valence-electron chi connectivity index (χ2n) is 8.52. The van der Waals surface area contributed by atoms with Gasteiger partial charge in [0.05, 0.1) is 11.6 Å². The Morgan fingerprint density at radius 3 is 2.65 bits per heavy atom. The average Bonchev–Trinajstić information content (AvgIpc) is 3.29. The average molecular weight is 475 g/mol. The topological polar surface area (TPSA) is 82.2 Å². The number of amides is 2. The normalized spacial score (nSPS) is 12.1. The van der Waals surface area contributed by atoms with Gasteiger partial charge >= 0.3 is 6.03 Å². The van der Waals surface area contributed by atoms with E-state index in [1.165, 1.54) is 20.9 Å². The quantitative estimate of drug-likeness (QED) is 0.322. The van der Waals surface area contributed by atoms with Crippen LogP contribution in [0.15, 0.2) is 54.6 Å². The molecule has 0 aliphatic carbocycles. The van der Waals surface area contributed by atoms with Crippen molar-refractivity contribution in [3.05, 3.63) is 70.9 Å². The molecule has 0 aliphatic heterocycles. The molecule has 0 fully saturated rings. The van der Waals surface area contributed by atoms with Gasteiger partial charge in [0.25, 0.3) is 0 Å². The molecule has 8 heteroatoms. The zero-order chi connectivity index (χ0) is 24.2. The summed E-state index contributed by atoms with van der Waals surface area (Å²) < 4.78 is 0. The van der Waals surface area contributed by atoms with Crippen LogP contribution < -0.4 is 16.0 Å². The van der Waals surface area contributed by atoms with E-state index in [0.29, 0.717) is 11.5 Å². The fourth-order valence-electron chi connectivity index (χ4n) is 3.87. The number of hydrogen-bond acceptors (Lipinski definition) is 6. The predicted octanol–water partition coefficient (Wildman–Crippen LogP) is 5.65. The largest absolute Gasteiger partial charge is 0.362 e. The highest BCUT2D eigenvalue weighted by Gasteiger charge is 2.15. The van der Waals surface area contributed by atoms with E-state index < -0.39 is 0 Å². The monoisotopic (exact) mass is 474 g/mol. The van der Waals surface area contributed by atoms with Gasteiger partial charge in [0.2, 0.25) is 0 Å². The molecule has 2 aromatic heterocycles. The maximum absolute atomic E-state index is 11.8. The highest BCUT2D eigenvalue weighted by atomic mass is 32.1. The van der Waals surface area contributed by atoms with E-state index in [-0.39, 0.29) is 12.1 Å². The van der Waals surface area contributed by atoms with Crippen LogP contribution in [0.1, 0.15) is 29.2 Å². The molecule has 0 spiro atoms. The molecule has 2 heterocycles. The standard InChI is InChI=1S/C26H30N6OS/c1-16(23-12-13-24(34-23)20-9-7-6-8-18(20)15-32(4)5)28-25-21-14-19(31-26(33)27-3)10-11-22(21)29-17(2)30-25/h6-14,16H,15H2,1-5H3,(H2,27,31,33)(H,28,29,30). The molecule has 176 valence electrons. The Morgan fingerprint density at radius 2 is 1.88 bits per heavy atom. The zero-order valence-electron chi connectivity index (χ0n) is 20.1. The van der Waals surface area contributed by atoms with Gasteiger partial charge in [-0.3, -0.25) is 0 Å². The van der Waals surface area contributed by atoms with Crippen molar-refractivity contribution in [2.24, 2.45) is 0 Å². The molecule has 0 saturated carbocycles. The third-order valence-electron chi connectivity index (χ3n) is 5.47. The summed E-state index contributed by atoms with van der Waals surface area (Å²) in [6.45, 7) is 4.92. The van der Waals surface area contributed by atoms with E-state index in [9.17, 15) is 4.79 Å². The van der Waals surface area contributed by atoms with Crippen LogP contribution in [0.3, 0.4) is 0 Å². The van der Waals surface area contributed by atoms with Crippen molar-refractivity contribution in [1.82, 2.24) is 20.2 Å². The van der Waals surface area contributed by atoms with E-state index in [1.807, 2.05) is 25.1 Å². The van der Waals surface area contributed by atoms with E-state index >= 15 is 0 Å². The van der Waals surface area contributed by atoms with Gasteiger partial charge in [-0.15, -0.1) is 11.3 Å². The Kier molecular flexibility index (Phi) is 7.09. The number of rotatable bonds is 7. The van der Waals surface area contributed by atoms with Crippen LogP contribution in [0.4, 0.5) is 16.3 Å². The fourth-order valence-corrected chi connectivity index (χ4v) is 4.94. The van der Waals surface area contributed by atoms with Gasteiger partial charge in [-0.1, -0.05) is 24.3 Å². The minimum Gasteiger partial charge on any atom is -0.362 e. The second kappa shape index (κ2) is 10.2. The number of nitrogens with one attached hydrogen (secondary N) is 3. The van der Waals surface area contributed by atoms with Gasteiger partial charge < -0.3 is 20.9 Å². The number of thiophene rings is 1. The number of aryl methyl sites for hydroxylation is 1. The van der Waals surface area contributed by atoms with Crippen LogP contribution in [0.5, 0.6) is 0 Å². The lowest BCUT2D eigenvalue weighted by Crippen LogP contribution is -2.24. The number of benzene rings is 2. The molecule has 3 N–H and O–H groups in total. The number of aromatic nitrogens is 2. The maximum atomic E-state index is 11.8. The highest BCUT2D eigenvalue weighted by Crippen LogP contribution is 2.35. The molecule has 0 saturated heterocycles. The summed E-state index contributed by atoms with van der Waals surface area (Å²) in [5, 5.41) is 9.82. The number of urea groups is 1. The number of carbonyl (C=O) groups excluding carboxylic acids is 1. The predicted molar refractivity (Wildman–Crippen MR) is 142 cm³/mol.